The molecule has 1 aromatic carbocycles. The Morgan fingerprint density at radius 2 is 2.11 bits per heavy atom. The van der Waals surface area contributed by atoms with Gasteiger partial charge < -0.3 is 5.32 Å². The molecule has 0 amide bonds. The first-order valence-corrected chi connectivity index (χ1v) is 6.82. The van der Waals surface area contributed by atoms with Gasteiger partial charge in [0.25, 0.3) is 0 Å². The molecule has 19 heavy (non-hydrogen) atoms. The van der Waals surface area contributed by atoms with E-state index in [1.807, 2.05) is 41.2 Å². The van der Waals surface area contributed by atoms with Crippen LogP contribution in [0.4, 0.5) is 5.95 Å². The molecule has 0 atom stereocenters. The summed E-state index contributed by atoms with van der Waals surface area (Å²) < 4.78 is 1.68. The van der Waals surface area contributed by atoms with Crippen molar-refractivity contribution < 1.29 is 0 Å². The highest BCUT2D eigenvalue weighted by Crippen LogP contribution is 2.10. The van der Waals surface area contributed by atoms with Gasteiger partial charge in [0.1, 0.15) is 0 Å². The van der Waals surface area contributed by atoms with Crippen molar-refractivity contribution in [1.29, 1.82) is 0 Å². The first-order chi connectivity index (χ1) is 9.43. The highest BCUT2D eigenvalue weighted by molar-refractivity contribution is 7.07. The lowest BCUT2D eigenvalue weighted by Gasteiger charge is -2.05. The lowest BCUT2D eigenvalue weighted by Crippen LogP contribution is -2.10. The zero-order chi connectivity index (χ0) is 12.9. The van der Waals surface area contributed by atoms with Gasteiger partial charge in [-0.15, -0.1) is 11.3 Å². The van der Waals surface area contributed by atoms with Crippen LogP contribution in [0.1, 0.15) is 5.69 Å². The molecule has 6 nitrogen and oxygen atoms in total. The Labute approximate surface area is 114 Å². The molecule has 0 radical (unpaired) electrons. The maximum absolute atomic E-state index is 4.24. The van der Waals surface area contributed by atoms with Crippen molar-refractivity contribution in [2.75, 3.05) is 11.9 Å². The molecule has 0 aliphatic rings. The Balaban J connectivity index is 1.67. The first-order valence-electron chi connectivity index (χ1n) is 5.88. The second kappa shape index (κ2) is 5.57. The van der Waals surface area contributed by atoms with Gasteiger partial charge in [-0.25, -0.2) is 4.98 Å². The molecular formula is C12H12N6S. The number of hydrogen-bond acceptors (Lipinski definition) is 6. The number of rotatable bonds is 5. The van der Waals surface area contributed by atoms with E-state index >= 15 is 0 Å². The second-order valence-electron chi connectivity index (χ2n) is 3.91. The third-order valence-electron chi connectivity index (χ3n) is 2.62. The van der Waals surface area contributed by atoms with Crippen molar-refractivity contribution in [3.63, 3.8) is 0 Å². The summed E-state index contributed by atoms with van der Waals surface area (Å²) in [6.45, 7) is 0.747. The SMILES string of the molecule is c1ccc(-n2nnnc2NCCc2cscn2)cc1. The Bertz CT molecular complexity index is 619. The molecule has 96 valence electrons. The predicted molar refractivity (Wildman–Crippen MR) is 73.5 cm³/mol. The molecule has 0 spiro atoms. The van der Waals surface area contributed by atoms with Crippen molar-refractivity contribution in [3.05, 3.63) is 46.9 Å². The van der Waals surface area contributed by atoms with Crippen LogP contribution in [0.3, 0.4) is 0 Å². The molecule has 1 N–H and O–H groups in total. The normalized spacial score (nSPS) is 10.5. The molecule has 0 unspecified atom stereocenters. The number of nitrogens with zero attached hydrogens (tertiary/aromatic N) is 5. The van der Waals surface area contributed by atoms with E-state index in [0.717, 1.165) is 24.3 Å². The summed E-state index contributed by atoms with van der Waals surface area (Å²) in [6.07, 6.45) is 0.852. The van der Waals surface area contributed by atoms with Crippen molar-refractivity contribution in [1.82, 2.24) is 25.2 Å². The summed E-state index contributed by atoms with van der Waals surface area (Å²) in [5.74, 6) is 0.640. The average Bonchev–Trinajstić information content (AvgIpc) is 3.11. The Hall–Kier alpha value is -2.28. The summed E-state index contributed by atoms with van der Waals surface area (Å²) in [7, 11) is 0. The molecule has 2 heterocycles. The van der Waals surface area contributed by atoms with E-state index in [9.17, 15) is 0 Å². The van der Waals surface area contributed by atoms with Crippen LogP contribution in [0.2, 0.25) is 0 Å². The second-order valence-corrected chi connectivity index (χ2v) is 4.63. The van der Waals surface area contributed by atoms with Crippen LogP contribution in [0.25, 0.3) is 5.69 Å². The van der Waals surface area contributed by atoms with Gasteiger partial charge in [0.15, 0.2) is 0 Å². The summed E-state index contributed by atoms with van der Waals surface area (Å²) in [4.78, 5) is 4.24. The van der Waals surface area contributed by atoms with Crippen molar-refractivity contribution >= 4 is 17.3 Å². The third kappa shape index (κ3) is 2.76. The lowest BCUT2D eigenvalue weighted by molar-refractivity contribution is 0.788. The number of hydrogen-bond donors (Lipinski definition) is 1. The van der Waals surface area contributed by atoms with Crippen LogP contribution >= 0.6 is 11.3 Å². The van der Waals surface area contributed by atoms with Crippen molar-refractivity contribution in [3.8, 4) is 5.69 Å². The summed E-state index contributed by atoms with van der Waals surface area (Å²) in [6, 6.07) is 9.79. The molecule has 0 aliphatic heterocycles. The number of para-hydroxylation sites is 1. The molecule has 3 aromatic rings. The van der Waals surface area contributed by atoms with E-state index < -0.39 is 0 Å². The molecule has 3 rings (SSSR count). The lowest BCUT2D eigenvalue weighted by atomic mass is 10.3. The minimum atomic E-state index is 0.640. The topological polar surface area (TPSA) is 68.5 Å². The van der Waals surface area contributed by atoms with E-state index in [1.54, 1.807) is 16.0 Å². The van der Waals surface area contributed by atoms with Crippen LogP contribution in [-0.4, -0.2) is 31.7 Å². The maximum atomic E-state index is 4.24. The number of thiazole rings is 1. The zero-order valence-corrected chi connectivity index (χ0v) is 10.9. The largest absolute Gasteiger partial charge is 0.352 e. The third-order valence-corrected chi connectivity index (χ3v) is 3.25. The fourth-order valence-corrected chi connectivity index (χ4v) is 2.30. The number of anilines is 1. The minimum Gasteiger partial charge on any atom is -0.352 e. The van der Waals surface area contributed by atoms with Gasteiger partial charge in [0, 0.05) is 18.3 Å². The summed E-state index contributed by atoms with van der Waals surface area (Å²) >= 11 is 1.60. The van der Waals surface area contributed by atoms with Crippen LogP contribution in [0.15, 0.2) is 41.2 Å². The Morgan fingerprint density at radius 3 is 2.89 bits per heavy atom. The Kier molecular flexibility index (Phi) is 3.46. The molecule has 2 aromatic heterocycles. The van der Waals surface area contributed by atoms with Crippen LogP contribution in [0, 0.1) is 0 Å². The molecule has 0 saturated heterocycles. The first kappa shape index (κ1) is 11.8. The fourth-order valence-electron chi connectivity index (χ4n) is 1.70. The zero-order valence-electron chi connectivity index (χ0n) is 10.1. The predicted octanol–water partition coefficient (Wildman–Crippen LogP) is 1.77. The summed E-state index contributed by atoms with van der Waals surface area (Å²) in [5, 5.41) is 16.9. The summed E-state index contributed by atoms with van der Waals surface area (Å²) in [5.41, 5.74) is 3.85. The number of benzene rings is 1. The van der Waals surface area contributed by atoms with Gasteiger partial charge in [0.2, 0.25) is 5.95 Å². The van der Waals surface area contributed by atoms with E-state index in [4.69, 9.17) is 0 Å². The van der Waals surface area contributed by atoms with E-state index in [-0.39, 0.29) is 0 Å². The van der Waals surface area contributed by atoms with Gasteiger partial charge >= 0.3 is 0 Å². The van der Waals surface area contributed by atoms with Crippen molar-refractivity contribution in [2.24, 2.45) is 0 Å². The molecule has 0 saturated carbocycles. The highest BCUT2D eigenvalue weighted by atomic mass is 32.1. The Morgan fingerprint density at radius 1 is 1.21 bits per heavy atom. The average molecular weight is 272 g/mol. The molecular weight excluding hydrogens is 260 g/mol. The molecule has 0 bridgehead atoms. The fraction of sp³-hybridized carbons (Fsp3) is 0.167. The number of nitrogens with one attached hydrogen (secondary N) is 1. The van der Waals surface area contributed by atoms with Crippen LogP contribution < -0.4 is 5.32 Å². The quantitative estimate of drug-likeness (QED) is 0.766. The standard InChI is InChI=1S/C12H12N6S/c1-2-4-11(5-3-1)18-12(15-16-17-18)13-7-6-10-8-19-9-14-10/h1-5,8-9H,6-7H2,(H,13,15,17). The van der Waals surface area contributed by atoms with E-state index in [0.29, 0.717) is 5.95 Å². The van der Waals surface area contributed by atoms with Crippen LogP contribution in [0.5, 0.6) is 0 Å². The van der Waals surface area contributed by atoms with E-state index in [1.165, 1.54) is 0 Å². The van der Waals surface area contributed by atoms with Gasteiger partial charge in [-0.1, -0.05) is 23.3 Å². The molecule has 7 heteroatoms. The van der Waals surface area contributed by atoms with Gasteiger partial charge in [-0.3, -0.25) is 0 Å². The van der Waals surface area contributed by atoms with Gasteiger partial charge in [-0.05, 0) is 22.6 Å². The maximum Gasteiger partial charge on any atom is 0.247 e. The van der Waals surface area contributed by atoms with E-state index in [2.05, 4.69) is 25.8 Å². The number of tetrazole rings is 1. The highest BCUT2D eigenvalue weighted by Gasteiger charge is 2.06. The molecule has 0 fully saturated rings. The van der Waals surface area contributed by atoms with Gasteiger partial charge in [0.05, 0.1) is 16.9 Å². The van der Waals surface area contributed by atoms with Crippen molar-refractivity contribution in [2.45, 2.75) is 6.42 Å². The van der Waals surface area contributed by atoms with Crippen LogP contribution in [-0.2, 0) is 6.42 Å². The smallest absolute Gasteiger partial charge is 0.247 e. The van der Waals surface area contributed by atoms with Gasteiger partial charge in [-0.2, -0.15) is 4.68 Å². The monoisotopic (exact) mass is 272 g/mol. The number of aromatic nitrogens is 5. The minimum absolute atomic E-state index is 0.640. The molecule has 0 aliphatic carbocycles.